The molecule has 94 valence electrons. The number of aromatic nitrogens is 1. The van der Waals surface area contributed by atoms with E-state index in [2.05, 4.69) is 34.1 Å². The number of benzene rings is 1. The van der Waals surface area contributed by atoms with Crippen molar-refractivity contribution in [3.63, 3.8) is 0 Å². The Labute approximate surface area is 107 Å². The van der Waals surface area contributed by atoms with Crippen LogP contribution in [0.1, 0.15) is 18.4 Å². The minimum Gasteiger partial charge on any atom is -0.395 e. The maximum Gasteiger partial charge on any atom is 0.0746 e. The summed E-state index contributed by atoms with van der Waals surface area (Å²) in [6.07, 6.45) is 4.37. The summed E-state index contributed by atoms with van der Waals surface area (Å²) in [5.74, 6) is 0. The van der Waals surface area contributed by atoms with Crippen LogP contribution in [0.5, 0.6) is 0 Å². The Bertz CT molecular complexity index is 532. The first kappa shape index (κ1) is 11.6. The zero-order valence-electron chi connectivity index (χ0n) is 10.4. The van der Waals surface area contributed by atoms with Crippen LogP contribution in [0.15, 0.2) is 36.5 Å². The van der Waals surface area contributed by atoms with Gasteiger partial charge in [0.1, 0.15) is 0 Å². The van der Waals surface area contributed by atoms with Crippen molar-refractivity contribution in [3.05, 3.63) is 42.1 Å². The summed E-state index contributed by atoms with van der Waals surface area (Å²) in [5.41, 5.74) is 2.34. The van der Waals surface area contributed by atoms with Crippen LogP contribution in [-0.4, -0.2) is 34.2 Å². The smallest absolute Gasteiger partial charge is 0.0746 e. The minimum absolute atomic E-state index is 0.231. The number of fused-ring (bicyclic) bond motifs is 1. The predicted molar refractivity (Wildman–Crippen MR) is 72.3 cm³/mol. The van der Waals surface area contributed by atoms with Crippen LogP contribution in [0, 0.1) is 0 Å². The van der Waals surface area contributed by atoms with Gasteiger partial charge in [-0.2, -0.15) is 0 Å². The molecule has 0 spiro atoms. The highest BCUT2D eigenvalue weighted by Crippen LogP contribution is 2.29. The third-order valence-electron chi connectivity index (χ3n) is 3.54. The maximum absolute atomic E-state index is 9.15. The van der Waals surface area contributed by atoms with Gasteiger partial charge < -0.3 is 5.11 Å². The largest absolute Gasteiger partial charge is 0.395 e. The van der Waals surface area contributed by atoms with E-state index < -0.39 is 0 Å². The quantitative estimate of drug-likeness (QED) is 0.873. The molecule has 1 aliphatic rings. The summed E-state index contributed by atoms with van der Waals surface area (Å²) in [6, 6.07) is 11.1. The molecule has 1 saturated carbocycles. The number of pyridine rings is 1. The van der Waals surface area contributed by atoms with Gasteiger partial charge in [0.25, 0.3) is 0 Å². The van der Waals surface area contributed by atoms with E-state index in [-0.39, 0.29) is 6.61 Å². The molecule has 2 aromatic rings. The number of hydrogen-bond donors (Lipinski definition) is 1. The second-order valence-corrected chi connectivity index (χ2v) is 4.92. The molecule has 1 aliphatic carbocycles. The Balaban J connectivity index is 1.88. The molecule has 0 unspecified atom stereocenters. The molecule has 0 atom stereocenters. The molecule has 1 fully saturated rings. The molecular formula is C15H18N2O. The Morgan fingerprint density at radius 3 is 2.83 bits per heavy atom. The standard InChI is InChI=1S/C15H18N2O/c18-10-9-17(14-6-7-14)11-13-4-1-3-12-5-2-8-16-15(12)13/h1-5,8,14,18H,6-7,9-11H2. The lowest BCUT2D eigenvalue weighted by Gasteiger charge is -2.21. The van der Waals surface area contributed by atoms with E-state index in [0.29, 0.717) is 6.04 Å². The van der Waals surface area contributed by atoms with E-state index in [1.165, 1.54) is 23.8 Å². The molecule has 3 heteroatoms. The van der Waals surface area contributed by atoms with Crippen molar-refractivity contribution < 1.29 is 5.11 Å². The van der Waals surface area contributed by atoms with Crippen molar-refractivity contribution in [2.24, 2.45) is 0 Å². The molecule has 1 heterocycles. The van der Waals surface area contributed by atoms with Crippen molar-refractivity contribution >= 4 is 10.9 Å². The van der Waals surface area contributed by atoms with Gasteiger partial charge in [0, 0.05) is 30.7 Å². The zero-order valence-corrected chi connectivity index (χ0v) is 10.4. The van der Waals surface area contributed by atoms with Gasteiger partial charge in [-0.3, -0.25) is 9.88 Å². The molecule has 3 nitrogen and oxygen atoms in total. The molecule has 0 aliphatic heterocycles. The molecule has 1 aromatic carbocycles. The summed E-state index contributed by atoms with van der Waals surface area (Å²) >= 11 is 0. The molecule has 0 amide bonds. The first-order valence-corrected chi connectivity index (χ1v) is 6.56. The number of aliphatic hydroxyl groups is 1. The van der Waals surface area contributed by atoms with E-state index >= 15 is 0 Å². The van der Waals surface area contributed by atoms with Crippen molar-refractivity contribution in [1.82, 2.24) is 9.88 Å². The van der Waals surface area contributed by atoms with Crippen molar-refractivity contribution in [1.29, 1.82) is 0 Å². The maximum atomic E-state index is 9.15. The first-order valence-electron chi connectivity index (χ1n) is 6.56. The Morgan fingerprint density at radius 2 is 2.06 bits per heavy atom. The molecule has 0 radical (unpaired) electrons. The van der Waals surface area contributed by atoms with E-state index in [1.54, 1.807) is 0 Å². The van der Waals surface area contributed by atoms with Crippen molar-refractivity contribution in [2.75, 3.05) is 13.2 Å². The van der Waals surface area contributed by atoms with Crippen LogP contribution < -0.4 is 0 Å². The highest BCUT2D eigenvalue weighted by molar-refractivity contribution is 5.81. The average molecular weight is 242 g/mol. The average Bonchev–Trinajstić information content (AvgIpc) is 3.23. The topological polar surface area (TPSA) is 36.4 Å². The molecular weight excluding hydrogens is 224 g/mol. The number of nitrogens with zero attached hydrogens (tertiary/aromatic N) is 2. The van der Waals surface area contributed by atoms with Crippen LogP contribution in [0.2, 0.25) is 0 Å². The molecule has 3 rings (SSSR count). The minimum atomic E-state index is 0.231. The van der Waals surface area contributed by atoms with Gasteiger partial charge in [0.05, 0.1) is 12.1 Å². The fraction of sp³-hybridized carbons (Fsp3) is 0.400. The lowest BCUT2D eigenvalue weighted by atomic mass is 10.1. The lowest BCUT2D eigenvalue weighted by Crippen LogP contribution is -2.28. The third-order valence-corrected chi connectivity index (χ3v) is 3.54. The molecule has 1 aromatic heterocycles. The van der Waals surface area contributed by atoms with E-state index in [9.17, 15) is 0 Å². The molecule has 0 saturated heterocycles. The molecule has 1 N–H and O–H groups in total. The summed E-state index contributed by atoms with van der Waals surface area (Å²) in [5, 5.41) is 10.3. The van der Waals surface area contributed by atoms with Gasteiger partial charge in [0.2, 0.25) is 0 Å². The second kappa shape index (κ2) is 5.04. The highest BCUT2D eigenvalue weighted by atomic mass is 16.3. The van der Waals surface area contributed by atoms with Gasteiger partial charge in [-0.15, -0.1) is 0 Å². The normalized spacial score (nSPS) is 15.4. The lowest BCUT2D eigenvalue weighted by molar-refractivity contribution is 0.184. The van der Waals surface area contributed by atoms with Gasteiger partial charge in [-0.1, -0.05) is 24.3 Å². The van der Waals surface area contributed by atoms with Gasteiger partial charge >= 0.3 is 0 Å². The van der Waals surface area contributed by atoms with E-state index in [4.69, 9.17) is 5.11 Å². The van der Waals surface area contributed by atoms with Crippen LogP contribution >= 0.6 is 0 Å². The van der Waals surface area contributed by atoms with Gasteiger partial charge in [-0.25, -0.2) is 0 Å². The van der Waals surface area contributed by atoms with Crippen molar-refractivity contribution in [2.45, 2.75) is 25.4 Å². The summed E-state index contributed by atoms with van der Waals surface area (Å²) < 4.78 is 0. The number of hydrogen-bond acceptors (Lipinski definition) is 3. The molecule has 18 heavy (non-hydrogen) atoms. The summed E-state index contributed by atoms with van der Waals surface area (Å²) in [7, 11) is 0. The SMILES string of the molecule is OCCN(Cc1cccc2cccnc12)C1CC1. The second-order valence-electron chi connectivity index (χ2n) is 4.92. The van der Waals surface area contributed by atoms with Crippen LogP contribution in [-0.2, 0) is 6.54 Å². The van der Waals surface area contributed by atoms with Crippen LogP contribution in [0.3, 0.4) is 0 Å². The zero-order chi connectivity index (χ0) is 12.4. The summed E-state index contributed by atoms with van der Waals surface area (Å²) in [4.78, 5) is 6.85. The van der Waals surface area contributed by atoms with Crippen molar-refractivity contribution in [3.8, 4) is 0 Å². The first-order chi connectivity index (χ1) is 8.88. The predicted octanol–water partition coefficient (Wildman–Crippen LogP) is 2.19. The monoisotopic (exact) mass is 242 g/mol. The number of aliphatic hydroxyl groups excluding tert-OH is 1. The Kier molecular flexibility index (Phi) is 3.26. The van der Waals surface area contributed by atoms with Gasteiger partial charge in [-0.05, 0) is 24.5 Å². The Morgan fingerprint density at radius 1 is 1.22 bits per heavy atom. The fourth-order valence-electron chi connectivity index (χ4n) is 2.47. The Hall–Kier alpha value is -1.45. The highest BCUT2D eigenvalue weighted by Gasteiger charge is 2.28. The van der Waals surface area contributed by atoms with Gasteiger partial charge in [0.15, 0.2) is 0 Å². The summed E-state index contributed by atoms with van der Waals surface area (Å²) in [6.45, 7) is 1.88. The third kappa shape index (κ3) is 2.37. The van der Waals surface area contributed by atoms with E-state index in [1.807, 2.05) is 12.3 Å². The van der Waals surface area contributed by atoms with E-state index in [0.717, 1.165) is 18.6 Å². The van der Waals surface area contributed by atoms with Crippen LogP contribution in [0.25, 0.3) is 10.9 Å². The fourth-order valence-corrected chi connectivity index (χ4v) is 2.47. The molecule has 0 bridgehead atoms. The number of para-hydroxylation sites is 1. The van der Waals surface area contributed by atoms with Crippen LogP contribution in [0.4, 0.5) is 0 Å². The number of rotatable bonds is 5.